The van der Waals surface area contributed by atoms with Gasteiger partial charge in [-0.15, -0.1) is 11.8 Å². The van der Waals surface area contributed by atoms with Crippen molar-refractivity contribution in [1.82, 2.24) is 4.98 Å². The van der Waals surface area contributed by atoms with Gasteiger partial charge in [0.2, 0.25) is 0 Å². The molecule has 2 aromatic rings. The van der Waals surface area contributed by atoms with E-state index in [-0.39, 0.29) is 0 Å². The number of pyridine rings is 1. The molecule has 2 N–H and O–H groups in total. The molecule has 0 amide bonds. The number of nitrogen functional groups attached to an aromatic ring is 1. The molecule has 0 aliphatic heterocycles. The molecule has 2 nitrogen and oxygen atoms in total. The molecule has 4 heteroatoms. The first-order valence-corrected chi connectivity index (χ1v) is 6.69. The lowest BCUT2D eigenvalue weighted by atomic mass is 10.2. The summed E-state index contributed by atoms with van der Waals surface area (Å²) in [4.78, 5) is 5.12. The molecule has 88 valence electrons. The highest BCUT2D eigenvalue weighted by Crippen LogP contribution is 2.29. The fourth-order valence-corrected chi connectivity index (χ4v) is 2.72. The van der Waals surface area contributed by atoms with E-state index in [1.54, 1.807) is 18.0 Å². The first kappa shape index (κ1) is 12.3. The molecule has 0 unspecified atom stereocenters. The van der Waals surface area contributed by atoms with Gasteiger partial charge in [0.05, 0.1) is 5.02 Å². The number of aryl methyl sites for hydroxylation is 1. The lowest BCUT2D eigenvalue weighted by Crippen LogP contribution is -1.90. The van der Waals surface area contributed by atoms with E-state index in [1.165, 1.54) is 5.56 Å². The molecule has 0 radical (unpaired) electrons. The fourth-order valence-electron chi connectivity index (χ4n) is 1.46. The third-order valence-electron chi connectivity index (χ3n) is 2.33. The molecule has 0 atom stereocenters. The van der Waals surface area contributed by atoms with Gasteiger partial charge in [0, 0.05) is 28.7 Å². The molecule has 0 aliphatic rings. The zero-order valence-corrected chi connectivity index (χ0v) is 10.8. The Labute approximate surface area is 110 Å². The summed E-state index contributed by atoms with van der Waals surface area (Å²) < 4.78 is 0. The Morgan fingerprint density at radius 2 is 2.18 bits per heavy atom. The quantitative estimate of drug-likeness (QED) is 0.677. The highest BCUT2D eigenvalue weighted by atomic mass is 35.5. The van der Waals surface area contributed by atoms with Gasteiger partial charge < -0.3 is 5.73 Å². The third-order valence-corrected chi connectivity index (χ3v) is 3.83. The summed E-state index contributed by atoms with van der Waals surface area (Å²) in [5, 5.41) is 0.760. The number of aromatic nitrogens is 1. The average Bonchev–Trinajstić information content (AvgIpc) is 2.35. The van der Waals surface area contributed by atoms with Crippen LogP contribution in [0.15, 0.2) is 47.6 Å². The number of thioether (sulfide) groups is 1. The largest absolute Gasteiger partial charge is 0.399 e. The number of hydrogen-bond donors (Lipinski definition) is 1. The van der Waals surface area contributed by atoms with Crippen LogP contribution in [0.3, 0.4) is 0 Å². The minimum atomic E-state index is 0.748. The summed E-state index contributed by atoms with van der Waals surface area (Å²) >= 11 is 7.81. The molecule has 1 aromatic carbocycles. The minimum Gasteiger partial charge on any atom is -0.399 e. The maximum absolute atomic E-state index is 6.09. The maximum Gasteiger partial charge on any atom is 0.0543 e. The molecule has 0 aliphatic carbocycles. The normalized spacial score (nSPS) is 10.4. The van der Waals surface area contributed by atoms with Gasteiger partial charge >= 0.3 is 0 Å². The van der Waals surface area contributed by atoms with Crippen molar-refractivity contribution in [2.24, 2.45) is 0 Å². The van der Waals surface area contributed by atoms with Crippen LogP contribution in [-0.4, -0.2) is 10.7 Å². The number of hydrogen-bond acceptors (Lipinski definition) is 3. The van der Waals surface area contributed by atoms with Gasteiger partial charge in [-0.25, -0.2) is 0 Å². The number of nitrogens with zero attached hydrogens (tertiary/aromatic N) is 1. The van der Waals surface area contributed by atoms with Gasteiger partial charge in [-0.05, 0) is 36.2 Å². The van der Waals surface area contributed by atoms with Gasteiger partial charge in [-0.2, -0.15) is 0 Å². The number of nitrogens with two attached hydrogens (primary N) is 1. The van der Waals surface area contributed by atoms with E-state index >= 15 is 0 Å². The maximum atomic E-state index is 6.09. The second-order valence-electron chi connectivity index (χ2n) is 3.65. The smallest absolute Gasteiger partial charge is 0.0543 e. The van der Waals surface area contributed by atoms with Crippen molar-refractivity contribution in [3.05, 3.63) is 53.3 Å². The van der Waals surface area contributed by atoms with E-state index in [4.69, 9.17) is 17.3 Å². The third kappa shape index (κ3) is 3.65. The van der Waals surface area contributed by atoms with E-state index in [0.29, 0.717) is 0 Å². The van der Waals surface area contributed by atoms with Crippen molar-refractivity contribution >= 4 is 29.1 Å². The van der Waals surface area contributed by atoms with E-state index in [0.717, 1.165) is 27.8 Å². The molecule has 17 heavy (non-hydrogen) atoms. The van der Waals surface area contributed by atoms with Gasteiger partial charge in [0.1, 0.15) is 0 Å². The average molecular weight is 265 g/mol. The zero-order valence-electron chi connectivity index (χ0n) is 9.27. The Balaban J connectivity index is 1.92. The summed E-state index contributed by atoms with van der Waals surface area (Å²) in [5.74, 6) is 0.967. The topological polar surface area (TPSA) is 38.9 Å². The van der Waals surface area contributed by atoms with E-state index < -0.39 is 0 Å². The second-order valence-corrected chi connectivity index (χ2v) is 5.19. The van der Waals surface area contributed by atoms with Crippen LogP contribution >= 0.6 is 23.4 Å². The first-order chi connectivity index (χ1) is 8.25. The Hall–Kier alpha value is -1.19. The number of anilines is 1. The summed E-state index contributed by atoms with van der Waals surface area (Å²) in [6, 6.07) is 9.59. The van der Waals surface area contributed by atoms with E-state index in [9.17, 15) is 0 Å². The second kappa shape index (κ2) is 5.94. The van der Waals surface area contributed by atoms with Crippen molar-refractivity contribution in [1.29, 1.82) is 0 Å². The summed E-state index contributed by atoms with van der Waals surface area (Å²) in [6.07, 6.45) is 4.65. The summed E-state index contributed by atoms with van der Waals surface area (Å²) in [7, 11) is 0. The number of benzene rings is 1. The molecule has 0 saturated carbocycles. The lowest BCUT2D eigenvalue weighted by molar-refractivity contribution is 1.11. The predicted octanol–water partition coefficient (Wildman–Crippen LogP) is 3.65. The minimum absolute atomic E-state index is 0.748. The Bertz CT molecular complexity index is 488. The van der Waals surface area contributed by atoms with Gasteiger partial charge in [0.15, 0.2) is 0 Å². The van der Waals surface area contributed by atoms with Crippen LogP contribution < -0.4 is 5.73 Å². The molecule has 0 fully saturated rings. The van der Waals surface area contributed by atoms with Crippen LogP contribution in [0.1, 0.15) is 5.56 Å². The van der Waals surface area contributed by atoms with E-state index in [1.807, 2.05) is 30.5 Å². The Morgan fingerprint density at radius 3 is 2.94 bits per heavy atom. The molecular weight excluding hydrogens is 252 g/mol. The standard InChI is InChI=1S/C13H13ClN2S/c14-12-4-3-11(15)8-13(12)17-7-5-10-2-1-6-16-9-10/h1-4,6,8-9H,5,7,15H2. The van der Waals surface area contributed by atoms with Crippen LogP contribution in [0.25, 0.3) is 0 Å². The molecule has 0 saturated heterocycles. The van der Waals surface area contributed by atoms with Crippen molar-refractivity contribution in [3.63, 3.8) is 0 Å². The highest BCUT2D eigenvalue weighted by Gasteiger charge is 2.02. The van der Waals surface area contributed by atoms with Crippen LogP contribution in [0.4, 0.5) is 5.69 Å². The monoisotopic (exact) mass is 264 g/mol. The fraction of sp³-hybridized carbons (Fsp3) is 0.154. The number of rotatable bonds is 4. The molecule has 1 aromatic heterocycles. The summed E-state index contributed by atoms with van der Waals surface area (Å²) in [6.45, 7) is 0. The zero-order chi connectivity index (χ0) is 12.1. The molecule has 1 heterocycles. The van der Waals surface area contributed by atoms with Gasteiger partial charge in [0.25, 0.3) is 0 Å². The Kier molecular flexibility index (Phi) is 4.29. The first-order valence-electron chi connectivity index (χ1n) is 5.32. The summed E-state index contributed by atoms with van der Waals surface area (Å²) in [5.41, 5.74) is 7.71. The van der Waals surface area contributed by atoms with Crippen LogP contribution in [0.2, 0.25) is 5.02 Å². The van der Waals surface area contributed by atoms with Crippen LogP contribution in [-0.2, 0) is 6.42 Å². The predicted molar refractivity (Wildman–Crippen MR) is 74.5 cm³/mol. The van der Waals surface area contributed by atoms with Crippen molar-refractivity contribution in [3.8, 4) is 0 Å². The van der Waals surface area contributed by atoms with Gasteiger partial charge in [-0.3, -0.25) is 4.98 Å². The van der Waals surface area contributed by atoms with Crippen molar-refractivity contribution < 1.29 is 0 Å². The molecule has 0 bridgehead atoms. The SMILES string of the molecule is Nc1ccc(Cl)c(SCCc2cccnc2)c1. The van der Waals surface area contributed by atoms with Crippen LogP contribution in [0, 0.1) is 0 Å². The van der Waals surface area contributed by atoms with Crippen LogP contribution in [0.5, 0.6) is 0 Å². The molecular formula is C13H13ClN2S. The highest BCUT2D eigenvalue weighted by molar-refractivity contribution is 7.99. The van der Waals surface area contributed by atoms with Crippen molar-refractivity contribution in [2.75, 3.05) is 11.5 Å². The Morgan fingerprint density at radius 1 is 1.29 bits per heavy atom. The van der Waals surface area contributed by atoms with E-state index in [2.05, 4.69) is 11.1 Å². The number of halogens is 1. The molecule has 0 spiro atoms. The van der Waals surface area contributed by atoms with Crippen molar-refractivity contribution in [2.45, 2.75) is 11.3 Å². The lowest BCUT2D eigenvalue weighted by Gasteiger charge is -2.05. The van der Waals surface area contributed by atoms with Gasteiger partial charge in [-0.1, -0.05) is 17.7 Å². The molecule has 2 rings (SSSR count).